The zero-order valence-electron chi connectivity index (χ0n) is 7.10. The van der Waals surface area contributed by atoms with Crippen molar-refractivity contribution < 1.29 is 9.84 Å². The average molecular weight is 167 g/mol. The molecule has 0 saturated carbocycles. The topological polar surface area (TPSA) is 42.4 Å². The van der Waals surface area contributed by atoms with E-state index in [1.807, 2.05) is 12.1 Å². The van der Waals surface area contributed by atoms with Crippen molar-refractivity contribution in [3.63, 3.8) is 0 Å². The van der Waals surface area contributed by atoms with Crippen molar-refractivity contribution >= 4 is 0 Å². The van der Waals surface area contributed by atoms with Crippen LogP contribution in [0.4, 0.5) is 0 Å². The Hall–Kier alpha value is -0.930. The van der Waals surface area contributed by atoms with Crippen molar-refractivity contribution in [1.29, 1.82) is 0 Å². The largest absolute Gasteiger partial charge is 0.390 e. The first-order chi connectivity index (χ1) is 5.83. The summed E-state index contributed by atoms with van der Waals surface area (Å²) in [6.45, 7) is 0.377. The first kappa shape index (κ1) is 9.16. The molecule has 1 heterocycles. The highest BCUT2D eigenvalue weighted by molar-refractivity contribution is 5.10. The van der Waals surface area contributed by atoms with Crippen LogP contribution < -0.4 is 0 Å². The van der Waals surface area contributed by atoms with Crippen LogP contribution in [0.3, 0.4) is 0 Å². The Morgan fingerprint density at radius 2 is 2.17 bits per heavy atom. The van der Waals surface area contributed by atoms with Crippen LogP contribution >= 0.6 is 0 Å². The average Bonchev–Trinajstić information content (AvgIpc) is 2.06. The fourth-order valence-corrected chi connectivity index (χ4v) is 1.04. The minimum atomic E-state index is -0.419. The van der Waals surface area contributed by atoms with Gasteiger partial charge in [0.25, 0.3) is 0 Å². The monoisotopic (exact) mass is 167 g/mol. The molecule has 1 rings (SSSR count). The summed E-state index contributed by atoms with van der Waals surface area (Å²) in [5.74, 6) is 0. The van der Waals surface area contributed by atoms with Crippen molar-refractivity contribution in [1.82, 2.24) is 4.98 Å². The lowest BCUT2D eigenvalue weighted by atomic mass is 10.1. The predicted octanol–water partition coefficient (Wildman–Crippen LogP) is 0.631. The number of aliphatic hydroxyl groups excluding tert-OH is 1. The highest BCUT2D eigenvalue weighted by atomic mass is 16.5. The van der Waals surface area contributed by atoms with Crippen LogP contribution in [0.25, 0.3) is 0 Å². The van der Waals surface area contributed by atoms with E-state index < -0.39 is 6.10 Å². The highest BCUT2D eigenvalue weighted by Gasteiger charge is 2.03. The van der Waals surface area contributed by atoms with Gasteiger partial charge in [0.15, 0.2) is 0 Å². The third-order valence-corrected chi connectivity index (χ3v) is 1.58. The van der Waals surface area contributed by atoms with Gasteiger partial charge in [-0.25, -0.2) is 0 Å². The van der Waals surface area contributed by atoms with Crippen LogP contribution in [0.2, 0.25) is 0 Å². The SMILES string of the molecule is COCC(O)Cc1ccncc1. The van der Waals surface area contributed by atoms with Crippen molar-refractivity contribution in [2.24, 2.45) is 0 Å². The molecule has 1 aromatic heterocycles. The maximum absolute atomic E-state index is 9.36. The van der Waals surface area contributed by atoms with E-state index in [4.69, 9.17) is 4.74 Å². The lowest BCUT2D eigenvalue weighted by Gasteiger charge is -2.08. The molecule has 1 unspecified atom stereocenters. The first-order valence-corrected chi connectivity index (χ1v) is 3.89. The van der Waals surface area contributed by atoms with Crippen LogP contribution in [0, 0.1) is 0 Å². The summed E-state index contributed by atoms with van der Waals surface area (Å²) in [5, 5.41) is 9.36. The van der Waals surface area contributed by atoms with Gasteiger partial charge < -0.3 is 9.84 Å². The molecule has 0 bridgehead atoms. The van der Waals surface area contributed by atoms with Crippen molar-refractivity contribution in [3.8, 4) is 0 Å². The number of hydrogen-bond acceptors (Lipinski definition) is 3. The van der Waals surface area contributed by atoms with Gasteiger partial charge in [0.05, 0.1) is 12.7 Å². The molecule has 0 aliphatic heterocycles. The molecule has 0 spiro atoms. The summed E-state index contributed by atoms with van der Waals surface area (Å²) >= 11 is 0. The number of aromatic nitrogens is 1. The summed E-state index contributed by atoms with van der Waals surface area (Å²) in [6.07, 6.45) is 3.64. The molecular formula is C9H13NO2. The Kier molecular flexibility index (Phi) is 3.70. The van der Waals surface area contributed by atoms with Gasteiger partial charge in [-0.3, -0.25) is 4.98 Å². The molecule has 0 radical (unpaired) electrons. The molecule has 0 aliphatic carbocycles. The van der Waals surface area contributed by atoms with E-state index in [2.05, 4.69) is 4.98 Å². The molecule has 0 aromatic carbocycles. The van der Waals surface area contributed by atoms with E-state index in [1.165, 1.54) is 0 Å². The molecule has 12 heavy (non-hydrogen) atoms. The Morgan fingerprint density at radius 1 is 1.50 bits per heavy atom. The van der Waals surface area contributed by atoms with Crippen LogP contribution in [-0.2, 0) is 11.2 Å². The maximum Gasteiger partial charge on any atom is 0.0813 e. The zero-order valence-corrected chi connectivity index (χ0v) is 7.10. The Balaban J connectivity index is 2.41. The number of methoxy groups -OCH3 is 1. The van der Waals surface area contributed by atoms with Gasteiger partial charge in [0, 0.05) is 25.9 Å². The summed E-state index contributed by atoms with van der Waals surface area (Å²) in [4.78, 5) is 3.89. The highest BCUT2D eigenvalue weighted by Crippen LogP contribution is 2.01. The molecule has 66 valence electrons. The van der Waals surface area contributed by atoms with Gasteiger partial charge in [0.1, 0.15) is 0 Å². The molecule has 0 aliphatic rings. The lowest BCUT2D eigenvalue weighted by molar-refractivity contribution is 0.0650. The second-order valence-electron chi connectivity index (χ2n) is 2.67. The summed E-state index contributed by atoms with van der Waals surface area (Å²) in [7, 11) is 1.58. The molecule has 1 N–H and O–H groups in total. The lowest BCUT2D eigenvalue weighted by Crippen LogP contribution is -2.16. The smallest absolute Gasteiger partial charge is 0.0813 e. The minimum Gasteiger partial charge on any atom is -0.390 e. The van der Waals surface area contributed by atoms with Crippen molar-refractivity contribution in [2.75, 3.05) is 13.7 Å². The Bertz CT molecular complexity index is 213. The third kappa shape index (κ3) is 2.98. The van der Waals surface area contributed by atoms with Gasteiger partial charge in [-0.2, -0.15) is 0 Å². The molecule has 3 nitrogen and oxygen atoms in total. The maximum atomic E-state index is 9.36. The first-order valence-electron chi connectivity index (χ1n) is 3.89. The van der Waals surface area contributed by atoms with E-state index in [9.17, 15) is 5.11 Å². The van der Waals surface area contributed by atoms with Crippen LogP contribution in [0.15, 0.2) is 24.5 Å². The summed E-state index contributed by atoms with van der Waals surface area (Å²) < 4.78 is 4.81. The number of nitrogens with zero attached hydrogens (tertiary/aromatic N) is 1. The van der Waals surface area contributed by atoms with E-state index >= 15 is 0 Å². The normalized spacial score (nSPS) is 12.8. The second-order valence-corrected chi connectivity index (χ2v) is 2.67. The molecule has 0 fully saturated rings. The van der Waals surface area contributed by atoms with Crippen LogP contribution in [0.1, 0.15) is 5.56 Å². The molecule has 0 amide bonds. The van der Waals surface area contributed by atoms with Crippen molar-refractivity contribution in [2.45, 2.75) is 12.5 Å². The second kappa shape index (κ2) is 4.85. The molecular weight excluding hydrogens is 154 g/mol. The van der Waals surface area contributed by atoms with E-state index in [1.54, 1.807) is 19.5 Å². The van der Waals surface area contributed by atoms with E-state index in [0.29, 0.717) is 13.0 Å². The summed E-state index contributed by atoms with van der Waals surface area (Å²) in [5.41, 5.74) is 1.08. The number of hydrogen-bond donors (Lipinski definition) is 1. The van der Waals surface area contributed by atoms with E-state index in [0.717, 1.165) is 5.56 Å². The van der Waals surface area contributed by atoms with Gasteiger partial charge in [-0.15, -0.1) is 0 Å². The van der Waals surface area contributed by atoms with Gasteiger partial charge in [0.2, 0.25) is 0 Å². The van der Waals surface area contributed by atoms with Gasteiger partial charge >= 0.3 is 0 Å². The van der Waals surface area contributed by atoms with Crippen LogP contribution in [0.5, 0.6) is 0 Å². The molecule has 0 saturated heterocycles. The Morgan fingerprint density at radius 3 is 2.75 bits per heavy atom. The summed E-state index contributed by atoms with van der Waals surface area (Å²) in [6, 6.07) is 3.78. The predicted molar refractivity (Wildman–Crippen MR) is 45.8 cm³/mol. The zero-order chi connectivity index (χ0) is 8.81. The molecule has 3 heteroatoms. The Labute approximate surface area is 72.0 Å². The third-order valence-electron chi connectivity index (χ3n) is 1.58. The molecule has 1 aromatic rings. The number of rotatable bonds is 4. The standard InChI is InChI=1S/C9H13NO2/c1-12-7-9(11)6-8-2-4-10-5-3-8/h2-5,9,11H,6-7H2,1H3. The number of ether oxygens (including phenoxy) is 1. The van der Waals surface area contributed by atoms with Gasteiger partial charge in [-0.05, 0) is 17.7 Å². The van der Waals surface area contributed by atoms with E-state index in [-0.39, 0.29) is 0 Å². The number of aliphatic hydroxyl groups is 1. The quantitative estimate of drug-likeness (QED) is 0.715. The number of pyridine rings is 1. The van der Waals surface area contributed by atoms with Gasteiger partial charge in [-0.1, -0.05) is 0 Å². The van der Waals surface area contributed by atoms with Crippen LogP contribution in [-0.4, -0.2) is 29.9 Å². The minimum absolute atomic E-state index is 0.377. The fraction of sp³-hybridized carbons (Fsp3) is 0.444. The fourth-order valence-electron chi connectivity index (χ4n) is 1.04. The molecule has 1 atom stereocenters. The van der Waals surface area contributed by atoms with Crippen molar-refractivity contribution in [3.05, 3.63) is 30.1 Å².